The van der Waals surface area contributed by atoms with Crippen LogP contribution in [0.1, 0.15) is 15.9 Å². The number of halogens is 1. The molecular formula is C9H8ClNO2. The summed E-state index contributed by atoms with van der Waals surface area (Å²) in [7, 11) is 1.29. The summed E-state index contributed by atoms with van der Waals surface area (Å²) in [6, 6.07) is 4.73. The van der Waals surface area contributed by atoms with E-state index in [4.69, 9.17) is 17.0 Å². The summed E-state index contributed by atoms with van der Waals surface area (Å²) in [6.45, 7) is 0. The number of methoxy groups -OCH3 is 1. The van der Waals surface area contributed by atoms with Gasteiger partial charge in [-0.25, -0.2) is 4.79 Å². The molecule has 68 valence electrons. The molecule has 4 heteroatoms. The molecule has 1 rings (SSSR count). The van der Waals surface area contributed by atoms with E-state index in [0.29, 0.717) is 10.6 Å². The molecule has 1 aromatic carbocycles. The van der Waals surface area contributed by atoms with Gasteiger partial charge < -0.3 is 10.1 Å². The monoisotopic (exact) mass is 197 g/mol. The van der Waals surface area contributed by atoms with Gasteiger partial charge in [0, 0.05) is 6.21 Å². The van der Waals surface area contributed by atoms with Crippen molar-refractivity contribution in [3.63, 3.8) is 0 Å². The van der Waals surface area contributed by atoms with E-state index in [1.165, 1.54) is 13.2 Å². The third kappa shape index (κ3) is 2.06. The molecule has 0 radical (unpaired) electrons. The molecule has 0 amide bonds. The molecule has 0 spiro atoms. The Hall–Kier alpha value is -1.35. The largest absolute Gasteiger partial charge is 0.465 e. The topological polar surface area (TPSA) is 50.2 Å². The first-order valence-electron chi connectivity index (χ1n) is 3.57. The second-order valence-electron chi connectivity index (χ2n) is 2.38. The lowest BCUT2D eigenvalue weighted by atomic mass is 10.1. The van der Waals surface area contributed by atoms with E-state index >= 15 is 0 Å². The summed E-state index contributed by atoms with van der Waals surface area (Å²) in [4.78, 5) is 11.1. The number of benzene rings is 1. The van der Waals surface area contributed by atoms with E-state index in [1.807, 2.05) is 0 Å². The smallest absolute Gasteiger partial charge is 0.339 e. The van der Waals surface area contributed by atoms with Crippen molar-refractivity contribution in [1.29, 1.82) is 5.41 Å². The Morgan fingerprint density at radius 2 is 2.31 bits per heavy atom. The average Bonchev–Trinajstić information content (AvgIpc) is 2.17. The normalized spacial score (nSPS) is 9.38. The summed E-state index contributed by atoms with van der Waals surface area (Å²) in [5.74, 6) is -0.492. The Kier molecular flexibility index (Phi) is 3.03. The van der Waals surface area contributed by atoms with E-state index in [9.17, 15) is 4.79 Å². The minimum absolute atomic E-state index is 0.283. The van der Waals surface area contributed by atoms with Crippen LogP contribution in [0.3, 0.4) is 0 Å². The van der Waals surface area contributed by atoms with Crippen molar-refractivity contribution < 1.29 is 9.53 Å². The van der Waals surface area contributed by atoms with Crippen LogP contribution in [-0.2, 0) is 4.74 Å². The van der Waals surface area contributed by atoms with Crippen molar-refractivity contribution >= 4 is 23.8 Å². The van der Waals surface area contributed by atoms with E-state index in [2.05, 4.69) is 4.74 Å². The maximum absolute atomic E-state index is 11.1. The fraction of sp³-hybridized carbons (Fsp3) is 0.111. The number of ether oxygens (including phenoxy) is 1. The molecular weight excluding hydrogens is 190 g/mol. The van der Waals surface area contributed by atoms with Gasteiger partial charge in [-0.1, -0.05) is 17.7 Å². The molecule has 0 aliphatic heterocycles. The van der Waals surface area contributed by atoms with Crippen molar-refractivity contribution in [2.24, 2.45) is 0 Å². The van der Waals surface area contributed by atoms with Crippen LogP contribution in [0.25, 0.3) is 0 Å². The molecule has 0 fully saturated rings. The highest BCUT2D eigenvalue weighted by molar-refractivity contribution is 6.33. The third-order valence-electron chi connectivity index (χ3n) is 1.56. The molecule has 1 N–H and O–H groups in total. The van der Waals surface area contributed by atoms with Crippen LogP contribution in [-0.4, -0.2) is 19.3 Å². The fourth-order valence-corrected chi connectivity index (χ4v) is 1.09. The van der Waals surface area contributed by atoms with E-state index in [-0.39, 0.29) is 5.56 Å². The number of hydrogen-bond donors (Lipinski definition) is 1. The lowest BCUT2D eigenvalue weighted by Gasteiger charge is -2.02. The molecule has 0 aliphatic rings. The minimum atomic E-state index is -0.492. The van der Waals surface area contributed by atoms with Gasteiger partial charge in [-0.3, -0.25) is 0 Å². The quantitative estimate of drug-likeness (QED) is 0.583. The first-order chi connectivity index (χ1) is 6.19. The molecule has 0 aliphatic carbocycles. The van der Waals surface area contributed by atoms with Crippen LogP contribution in [0, 0.1) is 5.41 Å². The number of nitrogens with one attached hydrogen (secondary N) is 1. The predicted octanol–water partition coefficient (Wildman–Crippen LogP) is 2.12. The number of hydrogen-bond acceptors (Lipinski definition) is 3. The lowest BCUT2D eigenvalue weighted by molar-refractivity contribution is 0.0601. The van der Waals surface area contributed by atoms with Crippen molar-refractivity contribution in [2.45, 2.75) is 0 Å². The predicted molar refractivity (Wildman–Crippen MR) is 50.7 cm³/mol. The second-order valence-corrected chi connectivity index (χ2v) is 2.78. The van der Waals surface area contributed by atoms with Crippen molar-refractivity contribution in [3.8, 4) is 0 Å². The highest BCUT2D eigenvalue weighted by Gasteiger charge is 2.10. The van der Waals surface area contributed by atoms with Gasteiger partial charge in [0.1, 0.15) is 0 Å². The Balaban J connectivity index is 3.18. The van der Waals surface area contributed by atoms with Gasteiger partial charge in [-0.05, 0) is 17.7 Å². The van der Waals surface area contributed by atoms with Crippen LogP contribution < -0.4 is 0 Å². The van der Waals surface area contributed by atoms with Gasteiger partial charge in [0.05, 0.1) is 17.7 Å². The van der Waals surface area contributed by atoms with Crippen molar-refractivity contribution in [1.82, 2.24) is 0 Å². The maximum Gasteiger partial charge on any atom is 0.339 e. The minimum Gasteiger partial charge on any atom is -0.465 e. The summed E-state index contributed by atoms with van der Waals surface area (Å²) in [5.41, 5.74) is 0.898. The maximum atomic E-state index is 11.1. The Morgan fingerprint density at radius 1 is 1.62 bits per heavy atom. The molecule has 1 aromatic rings. The van der Waals surface area contributed by atoms with Gasteiger partial charge >= 0.3 is 5.97 Å². The highest BCUT2D eigenvalue weighted by Crippen LogP contribution is 2.17. The van der Waals surface area contributed by atoms with E-state index in [1.54, 1.807) is 12.1 Å². The zero-order valence-corrected chi connectivity index (χ0v) is 7.76. The van der Waals surface area contributed by atoms with Crippen LogP contribution in [0.4, 0.5) is 0 Å². The number of esters is 1. The average molecular weight is 198 g/mol. The van der Waals surface area contributed by atoms with Gasteiger partial charge in [-0.15, -0.1) is 0 Å². The van der Waals surface area contributed by atoms with Crippen molar-refractivity contribution in [2.75, 3.05) is 7.11 Å². The molecule has 0 unspecified atom stereocenters. The fourth-order valence-electron chi connectivity index (χ4n) is 0.899. The summed E-state index contributed by atoms with van der Waals surface area (Å²) in [5, 5.41) is 7.32. The SMILES string of the molecule is COC(=O)c1cc(C=N)ccc1Cl. The van der Waals surface area contributed by atoms with Crippen molar-refractivity contribution in [3.05, 3.63) is 34.3 Å². The highest BCUT2D eigenvalue weighted by atomic mass is 35.5. The molecule has 13 heavy (non-hydrogen) atoms. The number of carbonyl (C=O) groups is 1. The summed E-state index contributed by atoms with van der Waals surface area (Å²) >= 11 is 5.75. The second kappa shape index (κ2) is 4.05. The van der Waals surface area contributed by atoms with Crippen LogP contribution >= 0.6 is 11.6 Å². The number of carbonyl (C=O) groups excluding carboxylic acids is 1. The lowest BCUT2D eigenvalue weighted by Crippen LogP contribution is -2.02. The molecule has 0 atom stereocenters. The molecule has 0 saturated carbocycles. The van der Waals surface area contributed by atoms with E-state index < -0.39 is 5.97 Å². The zero-order valence-electron chi connectivity index (χ0n) is 7.00. The van der Waals surface area contributed by atoms with Gasteiger partial charge in [-0.2, -0.15) is 0 Å². The van der Waals surface area contributed by atoms with Crippen LogP contribution in [0.2, 0.25) is 5.02 Å². The molecule has 0 saturated heterocycles. The standard InChI is InChI=1S/C9H8ClNO2/c1-13-9(12)7-4-6(5-11)2-3-8(7)10/h2-5,11H,1H3. The van der Waals surface area contributed by atoms with Crippen LogP contribution in [0.5, 0.6) is 0 Å². The van der Waals surface area contributed by atoms with E-state index in [0.717, 1.165) is 6.21 Å². The molecule has 0 bridgehead atoms. The van der Waals surface area contributed by atoms with Gasteiger partial charge in [0.25, 0.3) is 0 Å². The zero-order chi connectivity index (χ0) is 9.84. The summed E-state index contributed by atoms with van der Waals surface area (Å²) < 4.78 is 4.52. The Morgan fingerprint density at radius 3 is 2.85 bits per heavy atom. The first-order valence-corrected chi connectivity index (χ1v) is 3.95. The molecule has 0 heterocycles. The Labute approximate surface area is 80.8 Å². The first kappa shape index (κ1) is 9.74. The summed E-state index contributed by atoms with van der Waals surface area (Å²) in [6.07, 6.45) is 1.14. The molecule has 0 aromatic heterocycles. The molecule has 3 nitrogen and oxygen atoms in total. The number of rotatable bonds is 2. The van der Waals surface area contributed by atoms with Gasteiger partial charge in [0.2, 0.25) is 0 Å². The van der Waals surface area contributed by atoms with Crippen LogP contribution in [0.15, 0.2) is 18.2 Å². The third-order valence-corrected chi connectivity index (χ3v) is 1.89. The van der Waals surface area contributed by atoms with Gasteiger partial charge in [0.15, 0.2) is 0 Å². The Bertz CT molecular complexity index is 349.